The van der Waals surface area contributed by atoms with Crippen molar-refractivity contribution in [3.05, 3.63) is 17.6 Å². The van der Waals surface area contributed by atoms with E-state index >= 15 is 0 Å². The van der Waals surface area contributed by atoms with Crippen LogP contribution in [0.15, 0.2) is 6.20 Å². The molecule has 76 valence electrons. The van der Waals surface area contributed by atoms with Gasteiger partial charge in [-0.25, -0.2) is 9.97 Å². The Morgan fingerprint density at radius 3 is 2.86 bits per heavy atom. The molecule has 1 aromatic rings. The molecule has 0 aliphatic carbocycles. The van der Waals surface area contributed by atoms with E-state index in [9.17, 15) is 4.79 Å². The van der Waals surface area contributed by atoms with Crippen molar-refractivity contribution < 1.29 is 4.79 Å². The Labute approximate surface area is 88.6 Å². The lowest BCUT2D eigenvalue weighted by Crippen LogP contribution is -2.06. The van der Waals surface area contributed by atoms with Crippen molar-refractivity contribution in [3.8, 4) is 0 Å². The molecule has 14 heavy (non-hydrogen) atoms. The van der Waals surface area contributed by atoms with Gasteiger partial charge in [-0.1, -0.05) is 6.92 Å². The van der Waals surface area contributed by atoms with Crippen molar-refractivity contribution in [1.82, 2.24) is 9.97 Å². The molecular formula is C9H13N3OS. The molecule has 0 fully saturated rings. The third-order valence-electron chi connectivity index (χ3n) is 1.78. The highest BCUT2D eigenvalue weighted by atomic mass is 32.1. The van der Waals surface area contributed by atoms with Crippen LogP contribution in [0.3, 0.4) is 0 Å². The maximum atomic E-state index is 11.0. The van der Waals surface area contributed by atoms with Gasteiger partial charge in [0.15, 0.2) is 0 Å². The summed E-state index contributed by atoms with van der Waals surface area (Å²) in [6.45, 7) is 2.06. The van der Waals surface area contributed by atoms with Gasteiger partial charge in [-0.15, -0.1) is 12.6 Å². The molecule has 0 saturated carbocycles. The van der Waals surface area contributed by atoms with Gasteiger partial charge in [0.05, 0.1) is 5.56 Å². The van der Waals surface area contributed by atoms with E-state index in [0.29, 0.717) is 11.4 Å². The summed E-state index contributed by atoms with van der Waals surface area (Å²) in [5, 5.41) is 2.53. The first-order valence-electron chi connectivity index (χ1n) is 4.46. The minimum absolute atomic E-state index is 0.322. The monoisotopic (exact) mass is 211 g/mol. The molecule has 5 heteroatoms. The van der Waals surface area contributed by atoms with E-state index < -0.39 is 0 Å². The van der Waals surface area contributed by atoms with Crippen molar-refractivity contribution in [3.63, 3.8) is 0 Å². The summed E-state index contributed by atoms with van der Waals surface area (Å²) in [5.41, 5.74) is 0.413. The predicted molar refractivity (Wildman–Crippen MR) is 58.9 cm³/mol. The van der Waals surface area contributed by atoms with Crippen molar-refractivity contribution >= 4 is 23.6 Å². The third-order valence-corrected chi connectivity index (χ3v) is 2.02. The normalized spacial score (nSPS) is 9.93. The third kappa shape index (κ3) is 2.45. The van der Waals surface area contributed by atoms with Gasteiger partial charge in [-0.2, -0.15) is 0 Å². The second-order valence-corrected chi connectivity index (χ2v) is 3.26. The van der Waals surface area contributed by atoms with Gasteiger partial charge < -0.3 is 5.32 Å². The van der Waals surface area contributed by atoms with Gasteiger partial charge in [-0.3, -0.25) is 4.79 Å². The number of nitrogens with one attached hydrogen (secondary N) is 1. The lowest BCUT2D eigenvalue weighted by Gasteiger charge is -2.05. The number of hydrogen-bond acceptors (Lipinski definition) is 4. The van der Waals surface area contributed by atoms with Gasteiger partial charge >= 0.3 is 0 Å². The van der Waals surface area contributed by atoms with Gasteiger partial charge in [0.2, 0.25) is 5.12 Å². The Bertz CT molecular complexity index is 341. The molecule has 0 radical (unpaired) electrons. The zero-order valence-electron chi connectivity index (χ0n) is 8.24. The maximum Gasteiger partial charge on any atom is 0.221 e. The Morgan fingerprint density at radius 1 is 1.64 bits per heavy atom. The first-order chi connectivity index (χ1) is 6.69. The first kappa shape index (κ1) is 11.0. The van der Waals surface area contributed by atoms with Crippen LogP contribution in [0.5, 0.6) is 0 Å². The molecule has 1 rings (SSSR count). The molecule has 0 aromatic carbocycles. The highest BCUT2D eigenvalue weighted by molar-refractivity contribution is 7.97. The SMILES string of the molecule is CCCc1ncc(C(=O)S)c(NC)n1. The number of rotatable bonds is 4. The fourth-order valence-electron chi connectivity index (χ4n) is 1.11. The summed E-state index contributed by atoms with van der Waals surface area (Å²) in [6.07, 6.45) is 3.31. The summed E-state index contributed by atoms with van der Waals surface area (Å²) < 4.78 is 0. The number of nitrogens with zero attached hydrogens (tertiary/aromatic N) is 2. The molecule has 0 aliphatic heterocycles. The molecule has 0 atom stereocenters. The van der Waals surface area contributed by atoms with E-state index in [4.69, 9.17) is 0 Å². The average molecular weight is 211 g/mol. The van der Waals surface area contributed by atoms with E-state index in [0.717, 1.165) is 18.7 Å². The van der Waals surface area contributed by atoms with Gasteiger partial charge in [-0.05, 0) is 6.42 Å². The summed E-state index contributed by atoms with van der Waals surface area (Å²) >= 11 is 3.74. The Hall–Kier alpha value is -1.10. The van der Waals surface area contributed by atoms with Crippen LogP contribution in [0, 0.1) is 0 Å². The van der Waals surface area contributed by atoms with Gasteiger partial charge in [0, 0.05) is 19.7 Å². The summed E-state index contributed by atoms with van der Waals surface area (Å²) in [4.78, 5) is 19.3. The number of thiol groups is 1. The van der Waals surface area contributed by atoms with Crippen molar-refractivity contribution in [1.29, 1.82) is 0 Å². The highest BCUT2D eigenvalue weighted by Gasteiger charge is 2.09. The lowest BCUT2D eigenvalue weighted by molar-refractivity contribution is 0.109. The van der Waals surface area contributed by atoms with E-state index in [2.05, 4.69) is 34.8 Å². The van der Waals surface area contributed by atoms with Crippen molar-refractivity contribution in [2.75, 3.05) is 12.4 Å². The molecular weight excluding hydrogens is 198 g/mol. The Balaban J connectivity index is 3.05. The van der Waals surface area contributed by atoms with Crippen LogP contribution in [0.25, 0.3) is 0 Å². The number of aromatic nitrogens is 2. The molecule has 1 heterocycles. The van der Waals surface area contributed by atoms with Crippen molar-refractivity contribution in [2.24, 2.45) is 0 Å². The molecule has 0 spiro atoms. The number of hydrogen-bond donors (Lipinski definition) is 2. The summed E-state index contributed by atoms with van der Waals surface area (Å²) in [5.74, 6) is 1.29. The van der Waals surface area contributed by atoms with Crippen LogP contribution in [0.1, 0.15) is 29.5 Å². The average Bonchev–Trinajstić information content (AvgIpc) is 2.17. The van der Waals surface area contributed by atoms with Crippen LogP contribution in [0.2, 0.25) is 0 Å². The Kier molecular flexibility index (Phi) is 3.88. The molecule has 4 nitrogen and oxygen atoms in total. The van der Waals surface area contributed by atoms with Gasteiger partial charge in [0.25, 0.3) is 0 Å². The lowest BCUT2D eigenvalue weighted by atomic mass is 10.3. The number of aryl methyl sites for hydroxylation is 1. The quantitative estimate of drug-likeness (QED) is 0.742. The predicted octanol–water partition coefficient (Wildman–Crippen LogP) is 1.54. The molecule has 0 bridgehead atoms. The van der Waals surface area contributed by atoms with Crippen molar-refractivity contribution in [2.45, 2.75) is 19.8 Å². The fraction of sp³-hybridized carbons (Fsp3) is 0.444. The topological polar surface area (TPSA) is 54.9 Å². The van der Waals surface area contributed by atoms with E-state index in [1.807, 2.05) is 0 Å². The molecule has 0 unspecified atom stereocenters. The smallest absolute Gasteiger partial charge is 0.221 e. The van der Waals surface area contributed by atoms with Crippen LogP contribution >= 0.6 is 12.6 Å². The molecule has 1 N–H and O–H groups in total. The van der Waals surface area contributed by atoms with Crippen LogP contribution < -0.4 is 5.32 Å². The highest BCUT2D eigenvalue weighted by Crippen LogP contribution is 2.13. The largest absolute Gasteiger partial charge is 0.372 e. The van der Waals surface area contributed by atoms with E-state index in [1.54, 1.807) is 7.05 Å². The number of carbonyl (C=O) groups is 1. The summed E-state index contributed by atoms with van der Waals surface area (Å²) in [6, 6.07) is 0. The van der Waals surface area contributed by atoms with Crippen LogP contribution in [-0.2, 0) is 6.42 Å². The van der Waals surface area contributed by atoms with E-state index in [1.165, 1.54) is 6.20 Å². The minimum atomic E-state index is -0.322. The maximum absolute atomic E-state index is 11.0. The second kappa shape index (κ2) is 4.95. The van der Waals surface area contributed by atoms with Gasteiger partial charge in [0.1, 0.15) is 11.6 Å². The second-order valence-electron chi connectivity index (χ2n) is 2.85. The molecule has 0 aliphatic rings. The minimum Gasteiger partial charge on any atom is -0.372 e. The summed E-state index contributed by atoms with van der Waals surface area (Å²) in [7, 11) is 1.72. The molecule has 0 amide bonds. The standard InChI is InChI=1S/C9H13N3OS/c1-3-4-7-11-5-6(9(13)14)8(10-2)12-7/h5H,3-4H2,1-2H3,(H,13,14)(H,10,11,12). The number of anilines is 1. The molecule has 0 saturated heterocycles. The number of carbonyl (C=O) groups excluding carboxylic acids is 1. The first-order valence-corrected chi connectivity index (χ1v) is 4.90. The fourth-order valence-corrected chi connectivity index (χ4v) is 1.27. The Morgan fingerprint density at radius 2 is 2.36 bits per heavy atom. The van der Waals surface area contributed by atoms with Crippen LogP contribution in [0.4, 0.5) is 5.82 Å². The molecule has 1 aromatic heterocycles. The zero-order valence-corrected chi connectivity index (χ0v) is 9.14. The van der Waals surface area contributed by atoms with E-state index in [-0.39, 0.29) is 5.12 Å². The zero-order chi connectivity index (χ0) is 10.6. The van der Waals surface area contributed by atoms with Crippen LogP contribution in [-0.4, -0.2) is 22.1 Å².